The van der Waals surface area contributed by atoms with Crippen LogP contribution in [0, 0.1) is 12.3 Å². The first-order chi connectivity index (χ1) is 8.93. The number of nitrogens with one attached hydrogen (secondary N) is 2. The SMILES string of the molecule is Cc1[nH]ncc1S(=O)(=O)N(CC(=N)N)C1CCCC1. The van der Waals surface area contributed by atoms with Gasteiger partial charge in [-0.15, -0.1) is 0 Å². The number of nitrogens with zero attached hydrogens (tertiary/aromatic N) is 2. The standard InChI is InChI=1S/C11H19N5O2S/c1-8-10(6-14-15-8)19(17,18)16(7-11(12)13)9-4-2-3-5-9/h6,9H,2-5,7H2,1H3,(H3,12,13)(H,14,15). The Labute approximate surface area is 112 Å². The van der Waals surface area contributed by atoms with Crippen LogP contribution in [0.5, 0.6) is 0 Å². The number of aromatic nitrogens is 2. The van der Waals surface area contributed by atoms with Crippen molar-refractivity contribution in [3.8, 4) is 0 Å². The molecule has 0 unspecified atom stereocenters. The van der Waals surface area contributed by atoms with Gasteiger partial charge < -0.3 is 5.73 Å². The molecule has 0 radical (unpaired) electrons. The molecule has 8 heteroatoms. The lowest BCUT2D eigenvalue weighted by Crippen LogP contribution is -2.43. The second kappa shape index (κ2) is 5.30. The molecule has 1 aliphatic rings. The van der Waals surface area contributed by atoms with E-state index in [0.717, 1.165) is 25.7 Å². The van der Waals surface area contributed by atoms with Gasteiger partial charge in [-0.1, -0.05) is 12.8 Å². The number of hydrogen-bond donors (Lipinski definition) is 3. The average molecular weight is 285 g/mol. The molecule has 1 aliphatic carbocycles. The highest BCUT2D eigenvalue weighted by atomic mass is 32.2. The predicted octanol–water partition coefficient (Wildman–Crippen LogP) is 0.587. The molecule has 0 aromatic carbocycles. The van der Waals surface area contributed by atoms with E-state index in [1.54, 1.807) is 6.92 Å². The fourth-order valence-electron chi connectivity index (χ4n) is 2.50. The summed E-state index contributed by atoms with van der Waals surface area (Å²) < 4.78 is 26.6. The third kappa shape index (κ3) is 2.79. The molecule has 19 heavy (non-hydrogen) atoms. The van der Waals surface area contributed by atoms with Gasteiger partial charge in [0.2, 0.25) is 10.0 Å². The Hall–Kier alpha value is -1.41. The van der Waals surface area contributed by atoms with Crippen molar-refractivity contribution in [1.82, 2.24) is 14.5 Å². The summed E-state index contributed by atoms with van der Waals surface area (Å²) in [5.41, 5.74) is 5.91. The molecule has 1 aromatic heterocycles. The van der Waals surface area contributed by atoms with Gasteiger partial charge in [0, 0.05) is 6.04 Å². The zero-order valence-corrected chi connectivity index (χ0v) is 11.7. The number of amidine groups is 1. The molecule has 0 saturated heterocycles. The van der Waals surface area contributed by atoms with Crippen LogP contribution in [0.2, 0.25) is 0 Å². The monoisotopic (exact) mass is 285 g/mol. The van der Waals surface area contributed by atoms with Crippen molar-refractivity contribution < 1.29 is 8.42 Å². The van der Waals surface area contributed by atoms with Gasteiger partial charge in [-0.25, -0.2) is 8.42 Å². The Morgan fingerprint density at radius 2 is 2.21 bits per heavy atom. The summed E-state index contributed by atoms with van der Waals surface area (Å²) in [5, 5.41) is 13.8. The summed E-state index contributed by atoms with van der Waals surface area (Å²) in [6.45, 7) is 1.61. The molecule has 2 rings (SSSR count). The lowest BCUT2D eigenvalue weighted by atomic mass is 10.2. The van der Waals surface area contributed by atoms with E-state index in [4.69, 9.17) is 11.1 Å². The molecule has 0 amide bonds. The number of aromatic amines is 1. The van der Waals surface area contributed by atoms with E-state index in [2.05, 4.69) is 10.2 Å². The maximum atomic E-state index is 12.7. The first-order valence-electron chi connectivity index (χ1n) is 6.27. The Morgan fingerprint density at radius 1 is 1.58 bits per heavy atom. The van der Waals surface area contributed by atoms with Crippen LogP contribution in [0.1, 0.15) is 31.4 Å². The number of hydrogen-bond acceptors (Lipinski definition) is 4. The predicted molar refractivity (Wildman–Crippen MR) is 71.4 cm³/mol. The van der Waals surface area contributed by atoms with E-state index in [9.17, 15) is 8.42 Å². The van der Waals surface area contributed by atoms with E-state index in [0.29, 0.717) is 5.69 Å². The summed E-state index contributed by atoms with van der Waals surface area (Å²) in [6, 6.07) is -0.0665. The summed E-state index contributed by atoms with van der Waals surface area (Å²) in [6.07, 6.45) is 4.98. The third-order valence-corrected chi connectivity index (χ3v) is 5.44. The first kappa shape index (κ1) is 14.0. The lowest BCUT2D eigenvalue weighted by Gasteiger charge is -2.27. The molecule has 1 fully saturated rings. The molecule has 7 nitrogen and oxygen atoms in total. The zero-order valence-electron chi connectivity index (χ0n) is 10.9. The smallest absolute Gasteiger partial charge is 0.247 e. The molecule has 1 saturated carbocycles. The van der Waals surface area contributed by atoms with E-state index in [1.165, 1.54) is 10.5 Å². The number of rotatable bonds is 5. The maximum Gasteiger partial charge on any atom is 0.247 e. The van der Waals surface area contributed by atoms with Crippen molar-refractivity contribution in [2.45, 2.75) is 43.5 Å². The summed E-state index contributed by atoms with van der Waals surface area (Å²) >= 11 is 0. The fraction of sp³-hybridized carbons (Fsp3) is 0.636. The second-order valence-corrected chi connectivity index (χ2v) is 6.73. The van der Waals surface area contributed by atoms with Gasteiger partial charge in [-0.2, -0.15) is 9.40 Å². The Balaban J connectivity index is 2.36. The molecule has 1 heterocycles. The minimum Gasteiger partial charge on any atom is -0.387 e. The Bertz CT molecular complexity index is 559. The van der Waals surface area contributed by atoms with Crippen molar-refractivity contribution in [1.29, 1.82) is 5.41 Å². The molecule has 0 bridgehead atoms. The van der Waals surface area contributed by atoms with Crippen LogP contribution in [0.15, 0.2) is 11.1 Å². The number of nitrogens with two attached hydrogens (primary N) is 1. The Morgan fingerprint density at radius 3 is 2.68 bits per heavy atom. The quantitative estimate of drug-likeness (QED) is 0.542. The molecule has 106 valence electrons. The third-order valence-electron chi connectivity index (χ3n) is 3.43. The molecule has 0 atom stereocenters. The van der Waals surface area contributed by atoms with Gasteiger partial charge in [-0.05, 0) is 19.8 Å². The van der Waals surface area contributed by atoms with E-state index in [-0.39, 0.29) is 23.3 Å². The van der Waals surface area contributed by atoms with Crippen LogP contribution in [0.25, 0.3) is 0 Å². The zero-order chi connectivity index (χ0) is 14.0. The fourth-order valence-corrected chi connectivity index (χ4v) is 4.28. The van der Waals surface area contributed by atoms with Crippen molar-refractivity contribution >= 4 is 15.9 Å². The number of sulfonamides is 1. The highest BCUT2D eigenvalue weighted by Gasteiger charge is 2.35. The second-order valence-electron chi connectivity index (χ2n) is 4.87. The summed E-state index contributed by atoms with van der Waals surface area (Å²) in [5.74, 6) is -0.142. The molecule has 1 aromatic rings. The Kier molecular flexibility index (Phi) is 3.91. The van der Waals surface area contributed by atoms with Gasteiger partial charge in [0.1, 0.15) is 10.7 Å². The minimum absolute atomic E-state index is 0.0579. The van der Waals surface area contributed by atoms with E-state index >= 15 is 0 Å². The summed E-state index contributed by atoms with van der Waals surface area (Å²) in [4.78, 5) is 0.167. The van der Waals surface area contributed by atoms with Crippen molar-refractivity contribution in [3.63, 3.8) is 0 Å². The van der Waals surface area contributed by atoms with Gasteiger partial charge in [0.15, 0.2) is 0 Å². The van der Waals surface area contributed by atoms with Crippen LogP contribution in [-0.4, -0.2) is 41.3 Å². The highest BCUT2D eigenvalue weighted by molar-refractivity contribution is 7.89. The number of H-pyrrole nitrogens is 1. The van der Waals surface area contributed by atoms with E-state index < -0.39 is 10.0 Å². The van der Waals surface area contributed by atoms with Crippen LogP contribution in [0.4, 0.5) is 0 Å². The van der Waals surface area contributed by atoms with Crippen LogP contribution in [0.3, 0.4) is 0 Å². The largest absolute Gasteiger partial charge is 0.387 e. The van der Waals surface area contributed by atoms with E-state index in [1.807, 2.05) is 0 Å². The van der Waals surface area contributed by atoms with Gasteiger partial charge in [0.25, 0.3) is 0 Å². The molecule has 4 N–H and O–H groups in total. The van der Waals surface area contributed by atoms with Crippen molar-refractivity contribution in [3.05, 3.63) is 11.9 Å². The summed E-state index contributed by atoms with van der Waals surface area (Å²) in [7, 11) is -3.65. The molecular formula is C11H19N5O2S. The maximum absolute atomic E-state index is 12.7. The normalized spacial score (nSPS) is 17.2. The van der Waals surface area contributed by atoms with Gasteiger partial charge in [0.05, 0.1) is 18.4 Å². The molecule has 0 spiro atoms. The van der Waals surface area contributed by atoms with Crippen molar-refractivity contribution in [2.24, 2.45) is 5.73 Å². The van der Waals surface area contributed by atoms with Crippen molar-refractivity contribution in [2.75, 3.05) is 6.54 Å². The van der Waals surface area contributed by atoms with Crippen LogP contribution in [-0.2, 0) is 10.0 Å². The molecular weight excluding hydrogens is 266 g/mol. The highest BCUT2D eigenvalue weighted by Crippen LogP contribution is 2.28. The number of aryl methyl sites for hydroxylation is 1. The topological polar surface area (TPSA) is 116 Å². The van der Waals surface area contributed by atoms with Crippen LogP contribution < -0.4 is 5.73 Å². The van der Waals surface area contributed by atoms with Gasteiger partial charge >= 0.3 is 0 Å². The average Bonchev–Trinajstić information content (AvgIpc) is 2.95. The lowest BCUT2D eigenvalue weighted by molar-refractivity contribution is 0.353. The molecule has 0 aliphatic heterocycles. The van der Waals surface area contributed by atoms with Gasteiger partial charge in [-0.3, -0.25) is 10.5 Å². The van der Waals surface area contributed by atoms with Crippen LogP contribution >= 0.6 is 0 Å². The minimum atomic E-state index is -3.65. The first-order valence-corrected chi connectivity index (χ1v) is 7.71.